The number of rotatable bonds is 4. The summed E-state index contributed by atoms with van der Waals surface area (Å²) >= 11 is 0. The normalized spacial score (nSPS) is 13.9. The topological polar surface area (TPSA) is 29.1 Å². The number of benzene rings is 1. The van der Waals surface area contributed by atoms with Gasteiger partial charge in [0.25, 0.3) is 0 Å². The van der Waals surface area contributed by atoms with Gasteiger partial charge in [-0.2, -0.15) is 0 Å². The van der Waals surface area contributed by atoms with Crippen LogP contribution in [0.2, 0.25) is 0 Å². The standard InChI is InChI=1S/C13H16FNO/c1-4-12(16)15-13(3,5-2)10-6-8-11(14)9-7-10/h4,6-9H,1,5H2,2-3H3,(H,15,16). The molecule has 0 aromatic heterocycles. The summed E-state index contributed by atoms with van der Waals surface area (Å²) in [7, 11) is 0. The Hall–Kier alpha value is -1.64. The van der Waals surface area contributed by atoms with Gasteiger partial charge in [0, 0.05) is 0 Å². The van der Waals surface area contributed by atoms with Crippen molar-refractivity contribution in [3.63, 3.8) is 0 Å². The summed E-state index contributed by atoms with van der Waals surface area (Å²) < 4.78 is 12.8. The summed E-state index contributed by atoms with van der Waals surface area (Å²) in [6, 6.07) is 6.15. The number of hydrogen-bond acceptors (Lipinski definition) is 1. The average Bonchev–Trinajstić information content (AvgIpc) is 2.29. The molecule has 0 saturated heterocycles. The maximum Gasteiger partial charge on any atom is 0.244 e. The molecule has 0 radical (unpaired) electrons. The fourth-order valence-electron chi connectivity index (χ4n) is 1.51. The molecule has 1 aromatic carbocycles. The van der Waals surface area contributed by atoms with Gasteiger partial charge in [-0.3, -0.25) is 4.79 Å². The van der Waals surface area contributed by atoms with Crippen LogP contribution in [0.1, 0.15) is 25.8 Å². The molecule has 1 amide bonds. The van der Waals surface area contributed by atoms with Crippen LogP contribution in [0.15, 0.2) is 36.9 Å². The number of nitrogens with one attached hydrogen (secondary N) is 1. The first-order valence-electron chi connectivity index (χ1n) is 5.22. The summed E-state index contributed by atoms with van der Waals surface area (Å²) in [6.07, 6.45) is 1.95. The molecule has 1 atom stereocenters. The van der Waals surface area contributed by atoms with Crippen molar-refractivity contribution < 1.29 is 9.18 Å². The van der Waals surface area contributed by atoms with Crippen molar-refractivity contribution in [2.75, 3.05) is 0 Å². The van der Waals surface area contributed by atoms with Gasteiger partial charge in [0.05, 0.1) is 5.54 Å². The number of amides is 1. The van der Waals surface area contributed by atoms with Crippen molar-refractivity contribution in [3.05, 3.63) is 48.3 Å². The maximum atomic E-state index is 12.8. The number of hydrogen-bond donors (Lipinski definition) is 1. The molecular formula is C13H16FNO. The van der Waals surface area contributed by atoms with Gasteiger partial charge in [-0.1, -0.05) is 25.6 Å². The molecule has 0 heterocycles. The summed E-state index contributed by atoms with van der Waals surface area (Å²) in [4.78, 5) is 11.3. The predicted molar refractivity (Wildman–Crippen MR) is 62.4 cm³/mol. The summed E-state index contributed by atoms with van der Waals surface area (Å²) in [5.74, 6) is -0.508. The Morgan fingerprint density at radius 3 is 2.50 bits per heavy atom. The van der Waals surface area contributed by atoms with Gasteiger partial charge in [0.15, 0.2) is 0 Å². The molecule has 1 N–H and O–H groups in total. The minimum Gasteiger partial charge on any atom is -0.343 e. The van der Waals surface area contributed by atoms with E-state index in [0.717, 1.165) is 12.0 Å². The molecule has 16 heavy (non-hydrogen) atoms. The van der Waals surface area contributed by atoms with Gasteiger partial charge in [0.2, 0.25) is 5.91 Å². The molecule has 0 saturated carbocycles. The Kier molecular flexibility index (Phi) is 3.82. The van der Waals surface area contributed by atoms with Crippen molar-refractivity contribution in [2.24, 2.45) is 0 Å². The van der Waals surface area contributed by atoms with E-state index in [0.29, 0.717) is 0 Å². The zero-order valence-electron chi connectivity index (χ0n) is 9.59. The highest BCUT2D eigenvalue weighted by Gasteiger charge is 2.25. The van der Waals surface area contributed by atoms with E-state index in [2.05, 4.69) is 11.9 Å². The summed E-state index contributed by atoms with van der Waals surface area (Å²) in [5, 5.41) is 2.85. The van der Waals surface area contributed by atoms with Gasteiger partial charge in [-0.05, 0) is 37.1 Å². The van der Waals surface area contributed by atoms with Crippen LogP contribution in [0.25, 0.3) is 0 Å². The highest BCUT2D eigenvalue weighted by Crippen LogP contribution is 2.24. The van der Waals surface area contributed by atoms with Crippen LogP contribution in [0, 0.1) is 5.82 Å². The van der Waals surface area contributed by atoms with E-state index in [1.54, 1.807) is 12.1 Å². The molecule has 0 fully saturated rings. The van der Waals surface area contributed by atoms with Gasteiger partial charge in [-0.25, -0.2) is 4.39 Å². The van der Waals surface area contributed by atoms with E-state index in [1.165, 1.54) is 18.2 Å². The highest BCUT2D eigenvalue weighted by molar-refractivity contribution is 5.87. The average molecular weight is 221 g/mol. The predicted octanol–water partition coefficient (Wildman–Crippen LogP) is 2.75. The molecule has 1 aromatic rings. The number of carbonyl (C=O) groups is 1. The molecule has 1 unspecified atom stereocenters. The van der Waals surface area contributed by atoms with E-state index < -0.39 is 5.54 Å². The fourth-order valence-corrected chi connectivity index (χ4v) is 1.51. The molecule has 0 aliphatic carbocycles. The van der Waals surface area contributed by atoms with Crippen LogP contribution < -0.4 is 5.32 Å². The second-order valence-electron chi connectivity index (χ2n) is 3.89. The number of halogens is 1. The minimum atomic E-state index is -0.487. The van der Waals surface area contributed by atoms with Crippen LogP contribution in [-0.2, 0) is 10.3 Å². The fraction of sp³-hybridized carbons (Fsp3) is 0.308. The Morgan fingerprint density at radius 1 is 1.50 bits per heavy atom. The lowest BCUT2D eigenvalue weighted by atomic mass is 9.89. The molecule has 3 heteroatoms. The molecule has 1 rings (SSSR count). The highest BCUT2D eigenvalue weighted by atomic mass is 19.1. The lowest BCUT2D eigenvalue weighted by molar-refractivity contribution is -0.118. The zero-order valence-corrected chi connectivity index (χ0v) is 9.59. The van der Waals surface area contributed by atoms with Crippen LogP contribution in [0.5, 0.6) is 0 Å². The third kappa shape index (κ3) is 2.69. The van der Waals surface area contributed by atoms with E-state index in [-0.39, 0.29) is 11.7 Å². The first-order chi connectivity index (χ1) is 7.51. The van der Waals surface area contributed by atoms with E-state index >= 15 is 0 Å². The van der Waals surface area contributed by atoms with E-state index in [9.17, 15) is 9.18 Å². The third-order valence-electron chi connectivity index (χ3n) is 2.77. The van der Waals surface area contributed by atoms with Crippen molar-refractivity contribution in [3.8, 4) is 0 Å². The first-order valence-corrected chi connectivity index (χ1v) is 5.22. The monoisotopic (exact) mass is 221 g/mol. The smallest absolute Gasteiger partial charge is 0.244 e. The molecule has 2 nitrogen and oxygen atoms in total. The van der Waals surface area contributed by atoms with Gasteiger partial charge >= 0.3 is 0 Å². The molecule has 0 aliphatic heterocycles. The lowest BCUT2D eigenvalue weighted by Gasteiger charge is -2.29. The SMILES string of the molecule is C=CC(=O)NC(C)(CC)c1ccc(F)cc1. The van der Waals surface area contributed by atoms with Crippen molar-refractivity contribution in [2.45, 2.75) is 25.8 Å². The van der Waals surface area contributed by atoms with Crippen molar-refractivity contribution in [1.82, 2.24) is 5.32 Å². The minimum absolute atomic E-state index is 0.228. The Balaban J connectivity index is 2.99. The van der Waals surface area contributed by atoms with Crippen LogP contribution in [0.3, 0.4) is 0 Å². The Bertz CT molecular complexity index is 385. The third-order valence-corrected chi connectivity index (χ3v) is 2.77. The summed E-state index contributed by atoms with van der Waals surface area (Å²) in [5.41, 5.74) is 0.394. The van der Waals surface area contributed by atoms with Gasteiger partial charge in [-0.15, -0.1) is 0 Å². The quantitative estimate of drug-likeness (QED) is 0.778. The lowest BCUT2D eigenvalue weighted by Crippen LogP contribution is -2.42. The van der Waals surface area contributed by atoms with Crippen molar-refractivity contribution in [1.29, 1.82) is 0 Å². The molecule has 0 aliphatic rings. The van der Waals surface area contributed by atoms with Crippen LogP contribution >= 0.6 is 0 Å². The Morgan fingerprint density at radius 2 is 2.06 bits per heavy atom. The van der Waals surface area contributed by atoms with E-state index in [4.69, 9.17) is 0 Å². The first kappa shape index (κ1) is 12.4. The molecule has 86 valence electrons. The summed E-state index contributed by atoms with van der Waals surface area (Å²) in [6.45, 7) is 7.28. The van der Waals surface area contributed by atoms with Crippen LogP contribution in [-0.4, -0.2) is 5.91 Å². The zero-order chi connectivity index (χ0) is 12.2. The molecular weight excluding hydrogens is 205 g/mol. The maximum absolute atomic E-state index is 12.8. The van der Waals surface area contributed by atoms with Gasteiger partial charge < -0.3 is 5.32 Å². The molecule has 0 spiro atoms. The van der Waals surface area contributed by atoms with Crippen molar-refractivity contribution >= 4 is 5.91 Å². The number of carbonyl (C=O) groups excluding carboxylic acids is 1. The van der Waals surface area contributed by atoms with Gasteiger partial charge in [0.1, 0.15) is 5.82 Å². The second-order valence-corrected chi connectivity index (χ2v) is 3.89. The second kappa shape index (κ2) is 4.92. The molecule has 0 bridgehead atoms. The Labute approximate surface area is 95.2 Å². The largest absolute Gasteiger partial charge is 0.343 e. The van der Waals surface area contributed by atoms with Crippen LogP contribution in [0.4, 0.5) is 4.39 Å². The van der Waals surface area contributed by atoms with E-state index in [1.807, 2.05) is 13.8 Å².